The highest BCUT2D eigenvalue weighted by atomic mass is 32.1. The SMILES string of the molecule is O=C(C[C@H]1OCCc2sccc21)N1CCC[C@@H](c2ccn[nH]2)C1. The summed E-state index contributed by atoms with van der Waals surface area (Å²) in [7, 11) is 0. The van der Waals surface area contributed by atoms with Gasteiger partial charge < -0.3 is 9.64 Å². The number of carbonyl (C=O) groups excluding carboxylic acids is 1. The maximum atomic E-state index is 12.7. The second kappa shape index (κ2) is 6.45. The number of hydrogen-bond acceptors (Lipinski definition) is 4. The average Bonchev–Trinajstić information content (AvgIpc) is 3.27. The summed E-state index contributed by atoms with van der Waals surface area (Å²) in [5.41, 5.74) is 2.35. The normalized spacial score (nSPS) is 24.4. The van der Waals surface area contributed by atoms with E-state index in [1.165, 1.54) is 10.4 Å². The van der Waals surface area contributed by atoms with Gasteiger partial charge in [-0.05, 0) is 35.9 Å². The monoisotopic (exact) mass is 331 g/mol. The van der Waals surface area contributed by atoms with Crippen LogP contribution in [0.5, 0.6) is 0 Å². The minimum Gasteiger partial charge on any atom is -0.373 e. The van der Waals surface area contributed by atoms with E-state index in [4.69, 9.17) is 4.74 Å². The van der Waals surface area contributed by atoms with Crippen LogP contribution in [0.4, 0.5) is 0 Å². The number of rotatable bonds is 3. The molecule has 0 bridgehead atoms. The van der Waals surface area contributed by atoms with Crippen LogP contribution >= 0.6 is 11.3 Å². The van der Waals surface area contributed by atoms with Crippen molar-refractivity contribution in [3.05, 3.63) is 39.8 Å². The molecule has 0 unspecified atom stereocenters. The fraction of sp³-hybridized carbons (Fsp3) is 0.529. The lowest BCUT2D eigenvalue weighted by molar-refractivity contribution is -0.135. The van der Waals surface area contributed by atoms with E-state index in [1.807, 2.05) is 11.0 Å². The standard InChI is InChI=1S/C17H21N3O2S/c21-17(10-15-13-5-9-23-16(13)4-8-22-15)20-7-1-2-12(11-20)14-3-6-18-19-14/h3,5-6,9,12,15H,1-2,4,7-8,10-11H2,(H,18,19)/t12-,15-/m1/s1. The molecule has 0 radical (unpaired) electrons. The smallest absolute Gasteiger partial charge is 0.225 e. The lowest BCUT2D eigenvalue weighted by Gasteiger charge is -2.33. The van der Waals surface area contributed by atoms with E-state index in [1.54, 1.807) is 17.5 Å². The molecule has 122 valence electrons. The zero-order valence-corrected chi connectivity index (χ0v) is 13.8. The van der Waals surface area contributed by atoms with Crippen molar-refractivity contribution in [3.63, 3.8) is 0 Å². The Morgan fingerprint density at radius 3 is 3.30 bits per heavy atom. The van der Waals surface area contributed by atoms with Crippen LogP contribution in [0, 0.1) is 0 Å². The van der Waals surface area contributed by atoms with Gasteiger partial charge in [0.15, 0.2) is 0 Å². The summed E-state index contributed by atoms with van der Waals surface area (Å²) < 4.78 is 5.87. The highest BCUT2D eigenvalue weighted by molar-refractivity contribution is 7.10. The Morgan fingerprint density at radius 2 is 2.43 bits per heavy atom. The van der Waals surface area contributed by atoms with Crippen molar-refractivity contribution in [1.29, 1.82) is 0 Å². The molecule has 0 saturated carbocycles. The number of fused-ring (bicyclic) bond motifs is 1. The fourth-order valence-corrected chi connectivity index (χ4v) is 4.55. The zero-order valence-electron chi connectivity index (χ0n) is 13.0. The fourth-order valence-electron chi connectivity index (χ4n) is 3.63. The molecular weight excluding hydrogens is 310 g/mol. The Balaban J connectivity index is 1.42. The summed E-state index contributed by atoms with van der Waals surface area (Å²) in [5.74, 6) is 0.581. The summed E-state index contributed by atoms with van der Waals surface area (Å²) in [5, 5.41) is 9.18. The number of nitrogens with one attached hydrogen (secondary N) is 1. The Bertz CT molecular complexity index is 667. The minimum absolute atomic E-state index is 0.0648. The first kappa shape index (κ1) is 14.9. The number of aromatic nitrogens is 2. The molecule has 2 aromatic heterocycles. The zero-order chi connectivity index (χ0) is 15.6. The van der Waals surface area contributed by atoms with Crippen LogP contribution in [0.2, 0.25) is 0 Å². The lowest BCUT2D eigenvalue weighted by Crippen LogP contribution is -2.40. The number of ether oxygens (including phenoxy) is 1. The number of amides is 1. The Kier molecular flexibility index (Phi) is 4.18. The van der Waals surface area contributed by atoms with Crippen molar-refractivity contribution in [2.24, 2.45) is 0 Å². The second-order valence-electron chi connectivity index (χ2n) is 6.30. The second-order valence-corrected chi connectivity index (χ2v) is 7.30. The van der Waals surface area contributed by atoms with Crippen molar-refractivity contribution in [2.75, 3.05) is 19.7 Å². The van der Waals surface area contributed by atoms with Crippen LogP contribution < -0.4 is 0 Å². The molecule has 2 atom stereocenters. The Morgan fingerprint density at radius 1 is 1.48 bits per heavy atom. The van der Waals surface area contributed by atoms with Gasteiger partial charge in [-0.15, -0.1) is 11.3 Å². The van der Waals surface area contributed by atoms with Gasteiger partial charge in [0.1, 0.15) is 0 Å². The van der Waals surface area contributed by atoms with Crippen molar-refractivity contribution >= 4 is 17.2 Å². The molecular formula is C17H21N3O2S. The van der Waals surface area contributed by atoms with Crippen molar-refractivity contribution < 1.29 is 9.53 Å². The van der Waals surface area contributed by atoms with E-state index in [0.717, 1.165) is 44.7 Å². The average molecular weight is 331 g/mol. The maximum absolute atomic E-state index is 12.7. The Hall–Kier alpha value is -1.66. The van der Waals surface area contributed by atoms with Crippen LogP contribution in [0.25, 0.3) is 0 Å². The van der Waals surface area contributed by atoms with Gasteiger partial charge in [0.2, 0.25) is 5.91 Å². The summed E-state index contributed by atoms with van der Waals surface area (Å²) in [6, 6.07) is 4.13. The Labute approximate surface area is 139 Å². The molecule has 2 aliphatic heterocycles. The van der Waals surface area contributed by atoms with Gasteiger partial charge in [-0.2, -0.15) is 5.10 Å². The van der Waals surface area contributed by atoms with Crippen molar-refractivity contribution in [3.8, 4) is 0 Å². The molecule has 1 N–H and O–H groups in total. The van der Waals surface area contributed by atoms with E-state index >= 15 is 0 Å². The molecule has 6 heteroatoms. The van der Waals surface area contributed by atoms with Gasteiger partial charge >= 0.3 is 0 Å². The molecule has 4 rings (SSSR count). The number of aromatic amines is 1. The van der Waals surface area contributed by atoms with Gasteiger partial charge in [-0.1, -0.05) is 0 Å². The maximum Gasteiger partial charge on any atom is 0.225 e. The highest BCUT2D eigenvalue weighted by Gasteiger charge is 2.29. The first-order valence-electron chi connectivity index (χ1n) is 8.26. The van der Waals surface area contributed by atoms with E-state index in [9.17, 15) is 4.79 Å². The van der Waals surface area contributed by atoms with E-state index in [0.29, 0.717) is 12.3 Å². The number of H-pyrrole nitrogens is 1. The van der Waals surface area contributed by atoms with Gasteiger partial charge in [0, 0.05) is 42.2 Å². The van der Waals surface area contributed by atoms with E-state index in [2.05, 4.69) is 21.6 Å². The largest absolute Gasteiger partial charge is 0.373 e. The third-order valence-electron chi connectivity index (χ3n) is 4.87. The molecule has 1 fully saturated rings. The summed E-state index contributed by atoms with van der Waals surface area (Å²) in [6.07, 6.45) is 5.31. The third kappa shape index (κ3) is 3.05. The van der Waals surface area contributed by atoms with Crippen molar-refractivity contribution in [2.45, 2.75) is 37.7 Å². The molecule has 0 aromatic carbocycles. The van der Waals surface area contributed by atoms with Gasteiger partial charge in [-0.25, -0.2) is 0 Å². The number of likely N-dealkylation sites (tertiary alicyclic amines) is 1. The molecule has 5 nitrogen and oxygen atoms in total. The number of nitrogens with zero attached hydrogens (tertiary/aromatic N) is 2. The van der Waals surface area contributed by atoms with Crippen LogP contribution in [-0.4, -0.2) is 40.7 Å². The summed E-state index contributed by atoms with van der Waals surface area (Å²) >= 11 is 1.77. The predicted octanol–water partition coefficient (Wildman–Crippen LogP) is 2.88. The summed E-state index contributed by atoms with van der Waals surface area (Å²) in [6.45, 7) is 2.36. The molecule has 4 heterocycles. The number of carbonyl (C=O) groups is 1. The third-order valence-corrected chi connectivity index (χ3v) is 5.87. The van der Waals surface area contributed by atoms with Gasteiger partial charge in [-0.3, -0.25) is 9.89 Å². The first-order chi connectivity index (χ1) is 11.3. The molecule has 0 aliphatic carbocycles. The molecule has 0 spiro atoms. The first-order valence-corrected chi connectivity index (χ1v) is 9.14. The lowest BCUT2D eigenvalue weighted by atomic mass is 9.94. The molecule has 1 saturated heterocycles. The highest BCUT2D eigenvalue weighted by Crippen LogP contribution is 2.34. The van der Waals surface area contributed by atoms with Crippen LogP contribution in [0.15, 0.2) is 23.7 Å². The van der Waals surface area contributed by atoms with Crippen LogP contribution in [0.1, 0.15) is 47.4 Å². The number of piperidine rings is 1. The molecule has 2 aromatic rings. The van der Waals surface area contributed by atoms with E-state index in [-0.39, 0.29) is 12.0 Å². The number of hydrogen-bond donors (Lipinski definition) is 1. The molecule has 23 heavy (non-hydrogen) atoms. The topological polar surface area (TPSA) is 58.2 Å². The van der Waals surface area contributed by atoms with Crippen molar-refractivity contribution in [1.82, 2.24) is 15.1 Å². The predicted molar refractivity (Wildman–Crippen MR) is 88.5 cm³/mol. The number of thiophene rings is 1. The minimum atomic E-state index is -0.0648. The molecule has 1 amide bonds. The van der Waals surface area contributed by atoms with Gasteiger partial charge in [0.05, 0.1) is 19.1 Å². The molecule has 2 aliphatic rings. The van der Waals surface area contributed by atoms with Gasteiger partial charge in [0.25, 0.3) is 0 Å². The van der Waals surface area contributed by atoms with Crippen LogP contribution in [-0.2, 0) is 16.0 Å². The quantitative estimate of drug-likeness (QED) is 0.941. The summed E-state index contributed by atoms with van der Waals surface area (Å²) in [4.78, 5) is 16.1. The van der Waals surface area contributed by atoms with E-state index < -0.39 is 0 Å². The van der Waals surface area contributed by atoms with Crippen LogP contribution in [0.3, 0.4) is 0 Å².